The van der Waals surface area contributed by atoms with E-state index in [0.717, 1.165) is 4.57 Å². The van der Waals surface area contributed by atoms with Crippen LogP contribution in [0.15, 0.2) is 78.1 Å². The lowest BCUT2D eigenvalue weighted by Crippen LogP contribution is -2.43. The van der Waals surface area contributed by atoms with Crippen LogP contribution in [0.1, 0.15) is 71.0 Å². The molecule has 4 aliphatic heterocycles. The predicted octanol–water partition coefficient (Wildman–Crippen LogP) is 3.75. The van der Waals surface area contributed by atoms with Crippen molar-refractivity contribution in [3.63, 3.8) is 0 Å². The molecule has 350 valence electrons. The second-order valence-corrected chi connectivity index (χ2v) is 15.1. The molecule has 64 heavy (non-hydrogen) atoms. The average Bonchev–Trinajstić information content (AvgIpc) is 4.03. The summed E-state index contributed by atoms with van der Waals surface area (Å²) in [5.74, 6) is 0.447. The Balaban J connectivity index is 0.000000211. The minimum absolute atomic E-state index is 0.0886. The molecule has 2 aromatic heterocycles. The number of azide groups is 2. The van der Waals surface area contributed by atoms with Gasteiger partial charge in [0.15, 0.2) is 6.23 Å². The van der Waals surface area contributed by atoms with Crippen molar-refractivity contribution in [3.8, 4) is 0 Å². The first-order valence-electron chi connectivity index (χ1n) is 21.1. The van der Waals surface area contributed by atoms with Crippen LogP contribution in [0.5, 0.6) is 0 Å². The van der Waals surface area contributed by atoms with Crippen molar-refractivity contribution in [1.29, 1.82) is 0 Å². The summed E-state index contributed by atoms with van der Waals surface area (Å²) >= 11 is 0. The van der Waals surface area contributed by atoms with Gasteiger partial charge in [0, 0.05) is 98.4 Å². The maximum atomic E-state index is 12.5. The van der Waals surface area contributed by atoms with Crippen molar-refractivity contribution < 1.29 is 33.2 Å². The maximum absolute atomic E-state index is 12.5. The van der Waals surface area contributed by atoms with Crippen molar-refractivity contribution in [3.05, 3.63) is 122 Å². The Labute approximate surface area is 369 Å². The van der Waals surface area contributed by atoms with Gasteiger partial charge in [0.25, 0.3) is 17.0 Å². The van der Waals surface area contributed by atoms with Crippen LogP contribution >= 0.6 is 0 Å². The van der Waals surface area contributed by atoms with Gasteiger partial charge in [-0.25, -0.2) is 9.59 Å². The van der Waals surface area contributed by atoms with Crippen LogP contribution in [0.4, 0.5) is 0 Å². The van der Waals surface area contributed by atoms with E-state index in [9.17, 15) is 24.0 Å². The zero-order chi connectivity index (χ0) is 47.2. The zero-order valence-electron chi connectivity index (χ0n) is 37.9. The minimum Gasteiger partial charge on any atom is -0.382 e. The largest absolute Gasteiger partial charge is 0.382 e. The van der Waals surface area contributed by atoms with E-state index in [1.807, 2.05) is 26.0 Å². The Morgan fingerprint density at radius 3 is 1.81 bits per heavy atom. The van der Waals surface area contributed by atoms with Gasteiger partial charge in [-0.1, -0.05) is 22.9 Å². The number of hydrogen-bond acceptors (Lipinski definition) is 14. The lowest BCUT2D eigenvalue weighted by atomic mass is 10.1. The Bertz CT molecular complexity index is 2380. The van der Waals surface area contributed by atoms with Crippen LogP contribution < -0.4 is 22.5 Å². The van der Waals surface area contributed by atoms with E-state index in [1.165, 1.54) is 24.8 Å². The monoisotopic (exact) mass is 896 g/mol. The van der Waals surface area contributed by atoms with E-state index in [1.54, 1.807) is 66.1 Å². The van der Waals surface area contributed by atoms with Gasteiger partial charge < -0.3 is 33.3 Å². The van der Waals surface area contributed by atoms with Crippen molar-refractivity contribution in [1.82, 2.24) is 28.1 Å². The highest BCUT2D eigenvalue weighted by Gasteiger charge is 2.40. The SMILES string of the molecule is C=C1N(C)C(=O)C(C)=CN1[C@H]1CC(N=[N+]=[N-])[C@@H](COC)O1.CCOC[C@@H]1C=C[C@H](n2cc(C)c(=O)n(CC)c2=O)O1.CCOC[C@H]1O[C@@H](n2cc(C)c(=O)n(CC)c2=O)CC1N=[N+]=[N-]. The van der Waals surface area contributed by atoms with Gasteiger partial charge in [-0.2, -0.15) is 0 Å². The number of aromatic nitrogens is 4. The number of aryl methyl sites for hydroxylation is 2. The average molecular weight is 897 g/mol. The molecular weight excluding hydrogens is 837 g/mol. The molecule has 4 aliphatic rings. The summed E-state index contributed by atoms with van der Waals surface area (Å²) in [6, 6.07) is -0.713. The Morgan fingerprint density at radius 2 is 1.27 bits per heavy atom. The van der Waals surface area contributed by atoms with Gasteiger partial charge in [-0.3, -0.25) is 37.6 Å². The highest BCUT2D eigenvalue weighted by atomic mass is 16.6. The number of rotatable bonds is 15. The molecule has 2 saturated heterocycles. The predicted molar refractivity (Wildman–Crippen MR) is 234 cm³/mol. The normalized spacial score (nSPS) is 24.9. The van der Waals surface area contributed by atoms with Gasteiger partial charge in [0.2, 0.25) is 0 Å². The van der Waals surface area contributed by atoms with Crippen molar-refractivity contribution in [2.45, 2.75) is 123 Å². The lowest BCUT2D eigenvalue weighted by Gasteiger charge is -2.37. The highest BCUT2D eigenvalue weighted by Crippen LogP contribution is 2.32. The van der Waals surface area contributed by atoms with Gasteiger partial charge >= 0.3 is 11.4 Å². The molecule has 23 nitrogen and oxygen atoms in total. The van der Waals surface area contributed by atoms with E-state index in [4.69, 9.17) is 39.5 Å². The Morgan fingerprint density at radius 1 is 0.750 bits per heavy atom. The third-order valence-corrected chi connectivity index (χ3v) is 10.8. The summed E-state index contributed by atoms with van der Waals surface area (Å²) in [5, 5.41) is 7.50. The number of carbonyl (C=O) groups is 1. The topological polar surface area (TPSA) is 264 Å². The summed E-state index contributed by atoms with van der Waals surface area (Å²) < 4.78 is 38.4. The third kappa shape index (κ3) is 11.9. The molecule has 2 aromatic rings. The minimum atomic E-state index is -0.583. The highest BCUT2D eigenvalue weighted by molar-refractivity contribution is 5.94. The quantitative estimate of drug-likeness (QED) is 0.107. The fraction of sp³-hybridized carbons (Fsp3) is 0.634. The molecule has 1 amide bonds. The van der Waals surface area contributed by atoms with E-state index in [-0.39, 0.29) is 60.3 Å². The first-order valence-corrected chi connectivity index (χ1v) is 21.1. The summed E-state index contributed by atoms with van der Waals surface area (Å²) in [7, 11) is 3.24. The number of likely N-dealkylation sites (N-methyl/N-ethyl adjacent to an activating group) is 1. The van der Waals surface area contributed by atoms with E-state index in [2.05, 4.69) is 26.6 Å². The second-order valence-electron chi connectivity index (χ2n) is 15.1. The number of methoxy groups -OCH3 is 1. The molecular formula is C41H60N12O11. The second kappa shape index (κ2) is 23.8. The first-order chi connectivity index (χ1) is 30.6. The number of hydrogen-bond donors (Lipinski definition) is 0. The summed E-state index contributed by atoms with van der Waals surface area (Å²) in [4.78, 5) is 69.4. The Hall–Kier alpha value is -5.77. The molecule has 23 heteroatoms. The molecule has 0 N–H and O–H groups in total. The maximum Gasteiger partial charge on any atom is 0.333 e. The van der Waals surface area contributed by atoms with Gasteiger partial charge in [-0.15, -0.1) is 0 Å². The van der Waals surface area contributed by atoms with Crippen LogP contribution in [0.2, 0.25) is 0 Å². The van der Waals surface area contributed by atoms with E-state index < -0.39 is 30.3 Å². The summed E-state index contributed by atoms with van der Waals surface area (Å²) in [6.07, 6.45) is 7.07. The van der Waals surface area contributed by atoms with Crippen molar-refractivity contribution in [2.75, 3.05) is 47.2 Å². The fourth-order valence-electron chi connectivity index (χ4n) is 7.43. The van der Waals surface area contributed by atoms with Crippen molar-refractivity contribution >= 4 is 5.91 Å². The van der Waals surface area contributed by atoms with Crippen molar-refractivity contribution in [2.24, 2.45) is 10.2 Å². The fourth-order valence-corrected chi connectivity index (χ4v) is 7.43. The number of amides is 1. The molecule has 0 bridgehead atoms. The molecule has 8 atom stereocenters. The number of carbonyl (C=O) groups excluding carboxylic acids is 1. The van der Waals surface area contributed by atoms with E-state index in [0.29, 0.717) is 68.3 Å². The molecule has 0 spiro atoms. The first kappa shape index (κ1) is 50.9. The third-order valence-electron chi connectivity index (χ3n) is 10.8. The molecule has 2 unspecified atom stereocenters. The lowest BCUT2D eigenvalue weighted by molar-refractivity contribution is -0.128. The smallest absolute Gasteiger partial charge is 0.333 e. The summed E-state index contributed by atoms with van der Waals surface area (Å²) in [5.41, 5.74) is 17.6. The van der Waals surface area contributed by atoms with Crippen LogP contribution in [0, 0.1) is 13.8 Å². The molecule has 6 heterocycles. The standard InChI is InChI=1S/C14H21N5O4.C14H20N2O4.C13H19N5O3/c1-4-18-13(20)9(3)7-19(14(18)21)12-6-10(16-17-15)11(23-12)8-22-5-2;1-4-15-13(17)10(3)8-16(14(15)18)12-7-6-11(20-12)9-19-5-2;1-8-6-18(9(2)17(3)13(8)19)12-5-10(15-16-14)11(21-12)7-20-4/h7,10-12H,4-6,8H2,1-3H3;6-8,11-12H,4-5,9H2,1-3H3;6,10-12H,2,5,7H2,1,3-4H3/t10?,11-,12-;11-,12+;10?,11-,12-/m101/s1. The van der Waals surface area contributed by atoms with E-state index >= 15 is 0 Å². The van der Waals surface area contributed by atoms with Gasteiger partial charge in [-0.05, 0) is 65.6 Å². The molecule has 0 aromatic carbocycles. The number of ether oxygens (including phenoxy) is 6. The van der Waals surface area contributed by atoms with Crippen LogP contribution in [-0.4, -0.2) is 118 Å². The molecule has 0 radical (unpaired) electrons. The molecule has 0 saturated carbocycles. The summed E-state index contributed by atoms with van der Waals surface area (Å²) in [6.45, 7) is 19.2. The van der Waals surface area contributed by atoms with Crippen LogP contribution in [0.25, 0.3) is 20.9 Å². The molecule has 6 rings (SSSR count). The molecule has 0 aliphatic carbocycles. The molecule has 2 fully saturated rings. The van der Waals surface area contributed by atoms with Crippen LogP contribution in [0.3, 0.4) is 0 Å². The van der Waals surface area contributed by atoms with Crippen LogP contribution in [-0.2, 0) is 46.3 Å². The zero-order valence-corrected chi connectivity index (χ0v) is 37.9. The Kier molecular flexibility index (Phi) is 18.9. The van der Waals surface area contributed by atoms with Gasteiger partial charge in [0.1, 0.15) is 24.4 Å². The van der Waals surface area contributed by atoms with Gasteiger partial charge in [0.05, 0.1) is 44.1 Å². The number of nitrogens with zero attached hydrogens (tertiary/aromatic N) is 12.